The first-order valence-corrected chi connectivity index (χ1v) is 0. The Morgan fingerprint density at radius 2 is 0.300 bits per heavy atom. The molecule has 0 saturated heterocycles. The van der Waals surface area contributed by atoms with E-state index in [0.29, 0.717) is 0 Å². The number of hydrogen-bond donors (Lipinski definition) is 6. The fourth-order valence-electron chi connectivity index (χ4n) is 0. The molecule has 0 bridgehead atoms. The smallest absolute Gasteiger partial charge is 1.00 e. The van der Waals surface area contributed by atoms with Crippen LogP contribution in [0.5, 0.6) is 0 Å². The van der Waals surface area contributed by atoms with Crippen molar-refractivity contribution in [3.05, 3.63) is 0 Å². The van der Waals surface area contributed by atoms with Gasteiger partial charge in [0.15, 0.2) is 0 Å². The molecule has 0 atom stereocenters. The van der Waals surface area contributed by atoms with Crippen LogP contribution in [0, 0.1) is 0 Å². The van der Waals surface area contributed by atoms with Gasteiger partial charge in [-0.25, -0.2) is 0 Å². The molecular formula is H18GaI3N6. The molecule has 10 heteroatoms. The number of hydrogen-bond acceptors (Lipinski definition) is 6. The van der Waals surface area contributed by atoms with Gasteiger partial charge in [0.1, 0.15) is 0 Å². The average Bonchev–Trinajstić information content (AvgIpc) is 0. The van der Waals surface area contributed by atoms with Crippen LogP contribution in [0.25, 0.3) is 0 Å². The second kappa shape index (κ2) is 194. The van der Waals surface area contributed by atoms with Crippen LogP contribution in [-0.4, -0.2) is 19.8 Å². The molecule has 0 spiro atoms. The van der Waals surface area contributed by atoms with Gasteiger partial charge in [-0.15, -0.1) is 0 Å². The van der Waals surface area contributed by atoms with Crippen molar-refractivity contribution in [2.75, 3.05) is 0 Å². The standard InChI is InChI=1S/Ga.3HI.6H3N/h;3*1H;6*1H3/q+3;;;;;;;;;/p-3. The first-order chi connectivity index (χ1) is 0. The quantitative estimate of drug-likeness (QED) is 0.127. The van der Waals surface area contributed by atoms with E-state index in [4.69, 9.17) is 0 Å². The molecule has 72 valence electrons. The van der Waals surface area contributed by atoms with Crippen molar-refractivity contribution in [1.29, 1.82) is 0 Å². The van der Waals surface area contributed by atoms with E-state index in [1.165, 1.54) is 0 Å². The molecule has 0 amide bonds. The van der Waals surface area contributed by atoms with Gasteiger partial charge in [0.05, 0.1) is 0 Å². The maximum atomic E-state index is 0. The first-order valence-electron chi connectivity index (χ1n) is 0. The molecule has 0 saturated carbocycles. The van der Waals surface area contributed by atoms with Gasteiger partial charge >= 0.3 is 19.8 Å². The normalized spacial score (nSPS) is 0. The van der Waals surface area contributed by atoms with E-state index >= 15 is 0 Å². The predicted octanol–water partition coefficient (Wildman–Crippen LogP) is -8.40. The van der Waals surface area contributed by atoms with Crippen LogP contribution in [0.3, 0.4) is 0 Å². The summed E-state index contributed by atoms with van der Waals surface area (Å²) in [7, 11) is 0. The Kier molecular flexibility index (Phi) is 4900. The molecule has 0 radical (unpaired) electrons. The monoisotopic (exact) mass is 552 g/mol. The first kappa shape index (κ1) is 253. The van der Waals surface area contributed by atoms with Crippen LogP contribution < -0.4 is 109 Å². The van der Waals surface area contributed by atoms with Crippen molar-refractivity contribution < 1.29 is 71.9 Å². The summed E-state index contributed by atoms with van der Waals surface area (Å²) in [6.07, 6.45) is 0. The summed E-state index contributed by atoms with van der Waals surface area (Å²) in [6, 6.07) is 0. The second-order valence-electron chi connectivity index (χ2n) is 0. The van der Waals surface area contributed by atoms with Crippen LogP contribution in [0.15, 0.2) is 0 Å². The Labute approximate surface area is 127 Å². The fourth-order valence-corrected chi connectivity index (χ4v) is 0. The van der Waals surface area contributed by atoms with E-state index in [9.17, 15) is 0 Å². The summed E-state index contributed by atoms with van der Waals surface area (Å²) in [5.41, 5.74) is 0. The fraction of sp³-hybridized carbons (Fsp3) is 0. The molecule has 6 nitrogen and oxygen atoms in total. The zero-order valence-electron chi connectivity index (χ0n) is 5.95. The van der Waals surface area contributed by atoms with Gasteiger partial charge in [-0.2, -0.15) is 0 Å². The van der Waals surface area contributed by atoms with Crippen molar-refractivity contribution in [2.45, 2.75) is 0 Å². The Balaban J connectivity index is 0. The number of halogens is 3. The molecule has 0 aromatic carbocycles. The SMILES string of the molecule is N.N.N.N.N.N.[Ga+3].[I-].[I-].[I-]. The Morgan fingerprint density at radius 1 is 0.300 bits per heavy atom. The van der Waals surface area contributed by atoms with Crippen LogP contribution in [-0.2, 0) is 0 Å². The molecular weight excluding hydrogens is 534 g/mol. The molecule has 0 unspecified atom stereocenters. The third-order valence-corrected chi connectivity index (χ3v) is 0. The zero-order valence-corrected chi connectivity index (χ0v) is 14.8. The Bertz CT molecular complexity index is 13.0. The van der Waals surface area contributed by atoms with Gasteiger partial charge in [0.2, 0.25) is 0 Å². The minimum absolute atomic E-state index is 0. The molecule has 10 heavy (non-hydrogen) atoms. The third-order valence-electron chi connectivity index (χ3n) is 0. The predicted molar refractivity (Wildman–Crippen MR) is 35.9 cm³/mol. The van der Waals surface area contributed by atoms with E-state index in [-0.39, 0.29) is 129 Å². The molecule has 0 aromatic heterocycles. The van der Waals surface area contributed by atoms with Gasteiger partial charge in [0, 0.05) is 0 Å². The summed E-state index contributed by atoms with van der Waals surface area (Å²) >= 11 is 0. The van der Waals surface area contributed by atoms with Crippen LogP contribution in [0.1, 0.15) is 0 Å². The molecule has 0 aliphatic carbocycles. The maximum Gasteiger partial charge on any atom is 3.00 e. The van der Waals surface area contributed by atoms with Crippen molar-refractivity contribution in [3.63, 3.8) is 0 Å². The van der Waals surface area contributed by atoms with Crippen molar-refractivity contribution in [3.8, 4) is 0 Å². The van der Waals surface area contributed by atoms with E-state index in [1.54, 1.807) is 0 Å². The molecule has 0 heterocycles. The van der Waals surface area contributed by atoms with E-state index in [0.717, 1.165) is 0 Å². The summed E-state index contributed by atoms with van der Waals surface area (Å²) in [4.78, 5) is 0. The Morgan fingerprint density at radius 3 is 0.300 bits per heavy atom. The van der Waals surface area contributed by atoms with Crippen LogP contribution in [0.2, 0.25) is 0 Å². The summed E-state index contributed by atoms with van der Waals surface area (Å²) < 4.78 is 0. The van der Waals surface area contributed by atoms with Gasteiger partial charge in [-0.1, -0.05) is 0 Å². The molecule has 0 aromatic rings. The van der Waals surface area contributed by atoms with Crippen molar-refractivity contribution in [1.82, 2.24) is 36.9 Å². The second-order valence-corrected chi connectivity index (χ2v) is 0. The number of rotatable bonds is 0. The summed E-state index contributed by atoms with van der Waals surface area (Å²) in [6.45, 7) is 0. The molecule has 0 aliphatic rings. The summed E-state index contributed by atoms with van der Waals surface area (Å²) in [5.74, 6) is 0. The molecule has 0 rings (SSSR count). The van der Waals surface area contributed by atoms with Crippen LogP contribution in [0.4, 0.5) is 0 Å². The molecule has 18 N–H and O–H groups in total. The molecule has 0 fully saturated rings. The molecule has 0 aliphatic heterocycles. The van der Waals surface area contributed by atoms with Crippen molar-refractivity contribution in [2.24, 2.45) is 0 Å². The van der Waals surface area contributed by atoms with E-state index < -0.39 is 0 Å². The van der Waals surface area contributed by atoms with Crippen LogP contribution >= 0.6 is 0 Å². The van der Waals surface area contributed by atoms with E-state index in [2.05, 4.69) is 0 Å². The minimum atomic E-state index is 0. The average molecular weight is 553 g/mol. The van der Waals surface area contributed by atoms with Gasteiger partial charge < -0.3 is 109 Å². The third kappa shape index (κ3) is 145. The van der Waals surface area contributed by atoms with Gasteiger partial charge in [-0.3, -0.25) is 0 Å². The Hall–Kier alpha value is 2.59. The topological polar surface area (TPSA) is 210 Å². The van der Waals surface area contributed by atoms with Crippen molar-refractivity contribution >= 4 is 19.8 Å². The van der Waals surface area contributed by atoms with Gasteiger partial charge in [-0.05, 0) is 0 Å². The van der Waals surface area contributed by atoms with Gasteiger partial charge in [0.25, 0.3) is 0 Å². The summed E-state index contributed by atoms with van der Waals surface area (Å²) in [5, 5.41) is 0. The van der Waals surface area contributed by atoms with E-state index in [1.807, 2.05) is 0 Å². The zero-order chi connectivity index (χ0) is 0. The largest absolute Gasteiger partial charge is 3.00 e. The maximum absolute atomic E-state index is 0. The minimum Gasteiger partial charge on any atom is -1.00 e.